The van der Waals surface area contributed by atoms with Crippen LogP contribution >= 0.6 is 0 Å². The van der Waals surface area contributed by atoms with E-state index in [1.165, 1.54) is 17.4 Å². The van der Waals surface area contributed by atoms with Crippen molar-refractivity contribution in [1.29, 1.82) is 0 Å². The number of aromatic nitrogens is 1. The zero-order valence-corrected chi connectivity index (χ0v) is 8.15. The van der Waals surface area contributed by atoms with Crippen LogP contribution in [0, 0.1) is 5.92 Å². The van der Waals surface area contributed by atoms with Gasteiger partial charge in [0.05, 0.1) is 6.20 Å². The van der Waals surface area contributed by atoms with Crippen molar-refractivity contribution in [2.75, 3.05) is 11.9 Å². The molecule has 1 rings (SSSR count). The molecule has 0 atom stereocenters. The lowest BCUT2D eigenvalue weighted by Gasteiger charge is -2.13. The molecule has 4 nitrogen and oxygen atoms in total. The SMILES string of the molecule is CC(C)CC(=O)N(C)c1ncco1. The van der Waals surface area contributed by atoms with Crippen molar-refractivity contribution in [3.63, 3.8) is 0 Å². The monoisotopic (exact) mass is 182 g/mol. The number of rotatable bonds is 3. The van der Waals surface area contributed by atoms with Gasteiger partial charge in [-0.25, -0.2) is 4.98 Å². The van der Waals surface area contributed by atoms with Gasteiger partial charge in [0, 0.05) is 13.5 Å². The predicted octanol–water partition coefficient (Wildman–Crippen LogP) is 1.68. The van der Waals surface area contributed by atoms with Crippen molar-refractivity contribution in [3.8, 4) is 0 Å². The van der Waals surface area contributed by atoms with Gasteiger partial charge in [-0.05, 0) is 5.92 Å². The lowest BCUT2D eigenvalue weighted by atomic mass is 10.1. The van der Waals surface area contributed by atoms with E-state index < -0.39 is 0 Å². The van der Waals surface area contributed by atoms with E-state index in [1.54, 1.807) is 7.05 Å². The minimum absolute atomic E-state index is 0.0254. The van der Waals surface area contributed by atoms with Gasteiger partial charge >= 0.3 is 6.01 Å². The molecule has 1 heterocycles. The molecule has 1 aromatic heterocycles. The Morgan fingerprint density at radius 2 is 2.38 bits per heavy atom. The Balaban J connectivity index is 2.58. The maximum Gasteiger partial charge on any atom is 0.303 e. The Hall–Kier alpha value is -1.32. The number of carbonyl (C=O) groups excluding carboxylic acids is 1. The largest absolute Gasteiger partial charge is 0.432 e. The van der Waals surface area contributed by atoms with Crippen LogP contribution in [0.3, 0.4) is 0 Å². The second-order valence-corrected chi connectivity index (χ2v) is 3.37. The molecule has 0 spiro atoms. The number of carbonyl (C=O) groups is 1. The third-order valence-electron chi connectivity index (χ3n) is 1.66. The molecule has 1 amide bonds. The van der Waals surface area contributed by atoms with Gasteiger partial charge < -0.3 is 4.42 Å². The zero-order valence-electron chi connectivity index (χ0n) is 8.15. The fourth-order valence-corrected chi connectivity index (χ4v) is 0.974. The summed E-state index contributed by atoms with van der Waals surface area (Å²) in [5.41, 5.74) is 0. The number of anilines is 1. The summed E-state index contributed by atoms with van der Waals surface area (Å²) in [7, 11) is 1.66. The summed E-state index contributed by atoms with van der Waals surface area (Å²) in [5, 5.41) is 0. The first-order valence-electron chi connectivity index (χ1n) is 4.27. The molecule has 4 heteroatoms. The topological polar surface area (TPSA) is 46.3 Å². The van der Waals surface area contributed by atoms with Gasteiger partial charge in [0.25, 0.3) is 0 Å². The minimum atomic E-state index is 0.0254. The standard InChI is InChI=1S/C9H14N2O2/c1-7(2)6-8(12)11(3)9-10-4-5-13-9/h4-5,7H,6H2,1-3H3. The fraction of sp³-hybridized carbons (Fsp3) is 0.556. The molecule has 0 fully saturated rings. The van der Waals surface area contributed by atoms with Crippen molar-refractivity contribution in [2.45, 2.75) is 20.3 Å². The van der Waals surface area contributed by atoms with E-state index in [2.05, 4.69) is 4.98 Å². The van der Waals surface area contributed by atoms with E-state index in [4.69, 9.17) is 4.42 Å². The highest BCUT2D eigenvalue weighted by Crippen LogP contribution is 2.11. The van der Waals surface area contributed by atoms with Gasteiger partial charge in [-0.2, -0.15) is 0 Å². The summed E-state index contributed by atoms with van der Waals surface area (Å²) in [6.07, 6.45) is 3.49. The van der Waals surface area contributed by atoms with Crippen LogP contribution in [0.1, 0.15) is 20.3 Å². The summed E-state index contributed by atoms with van der Waals surface area (Å²) >= 11 is 0. The number of hydrogen-bond donors (Lipinski definition) is 0. The Labute approximate surface area is 77.6 Å². The Morgan fingerprint density at radius 1 is 1.69 bits per heavy atom. The lowest BCUT2D eigenvalue weighted by molar-refractivity contribution is -0.119. The molecule has 0 aromatic carbocycles. The molecule has 72 valence electrons. The Morgan fingerprint density at radius 3 is 2.85 bits per heavy atom. The molecule has 1 aromatic rings. The van der Waals surface area contributed by atoms with Gasteiger partial charge in [-0.1, -0.05) is 13.8 Å². The van der Waals surface area contributed by atoms with Crippen LogP contribution in [0.25, 0.3) is 0 Å². The van der Waals surface area contributed by atoms with Gasteiger partial charge in [0.2, 0.25) is 5.91 Å². The van der Waals surface area contributed by atoms with E-state index in [0.29, 0.717) is 18.4 Å². The normalized spacial score (nSPS) is 10.5. The van der Waals surface area contributed by atoms with Crippen LogP contribution in [0.5, 0.6) is 0 Å². The first kappa shape index (κ1) is 9.77. The lowest BCUT2D eigenvalue weighted by Crippen LogP contribution is -2.27. The summed E-state index contributed by atoms with van der Waals surface area (Å²) in [6.45, 7) is 4.00. The average Bonchev–Trinajstić information content (AvgIpc) is 2.53. The number of hydrogen-bond acceptors (Lipinski definition) is 3. The first-order chi connectivity index (χ1) is 6.11. The Bertz CT molecular complexity index is 267. The van der Waals surface area contributed by atoms with Gasteiger partial charge in [0.15, 0.2) is 0 Å². The number of oxazole rings is 1. The van der Waals surface area contributed by atoms with E-state index in [1.807, 2.05) is 13.8 Å². The highest BCUT2D eigenvalue weighted by molar-refractivity contribution is 5.90. The second kappa shape index (κ2) is 4.07. The maximum absolute atomic E-state index is 11.5. The van der Waals surface area contributed by atoms with Crippen LogP contribution in [-0.4, -0.2) is 17.9 Å². The molecule has 0 unspecified atom stereocenters. The van der Waals surface area contributed by atoms with Crippen LogP contribution in [0.2, 0.25) is 0 Å². The highest BCUT2D eigenvalue weighted by atomic mass is 16.4. The molecule has 0 N–H and O–H groups in total. The van der Waals surface area contributed by atoms with E-state index in [9.17, 15) is 4.79 Å². The zero-order chi connectivity index (χ0) is 9.84. The Kier molecular flexibility index (Phi) is 3.06. The molecule has 0 saturated carbocycles. The molecule has 0 bridgehead atoms. The van der Waals surface area contributed by atoms with Gasteiger partial charge in [-0.15, -0.1) is 0 Å². The summed E-state index contributed by atoms with van der Waals surface area (Å²) < 4.78 is 4.99. The minimum Gasteiger partial charge on any atom is -0.432 e. The first-order valence-corrected chi connectivity index (χ1v) is 4.27. The summed E-state index contributed by atoms with van der Waals surface area (Å²) in [5.74, 6) is 0.377. The molecular formula is C9H14N2O2. The van der Waals surface area contributed by atoms with Crippen molar-refractivity contribution < 1.29 is 9.21 Å². The molecule has 0 aliphatic heterocycles. The highest BCUT2D eigenvalue weighted by Gasteiger charge is 2.15. The van der Waals surface area contributed by atoms with E-state index in [0.717, 1.165) is 0 Å². The van der Waals surface area contributed by atoms with Crippen LogP contribution < -0.4 is 4.90 Å². The smallest absolute Gasteiger partial charge is 0.303 e. The summed E-state index contributed by atoms with van der Waals surface area (Å²) in [4.78, 5) is 16.8. The molecular weight excluding hydrogens is 168 g/mol. The molecule has 13 heavy (non-hydrogen) atoms. The van der Waals surface area contributed by atoms with Gasteiger partial charge in [-0.3, -0.25) is 9.69 Å². The van der Waals surface area contributed by atoms with Crippen molar-refractivity contribution in [3.05, 3.63) is 12.5 Å². The fourth-order valence-electron chi connectivity index (χ4n) is 0.974. The predicted molar refractivity (Wildman–Crippen MR) is 49.4 cm³/mol. The van der Waals surface area contributed by atoms with Crippen molar-refractivity contribution in [2.24, 2.45) is 5.92 Å². The summed E-state index contributed by atoms with van der Waals surface area (Å²) in [6, 6.07) is 0.352. The molecule has 0 radical (unpaired) electrons. The molecule has 0 saturated heterocycles. The van der Waals surface area contributed by atoms with Crippen molar-refractivity contribution >= 4 is 11.9 Å². The maximum atomic E-state index is 11.5. The third kappa shape index (κ3) is 2.57. The van der Waals surface area contributed by atoms with Crippen molar-refractivity contribution in [1.82, 2.24) is 4.98 Å². The van der Waals surface area contributed by atoms with E-state index >= 15 is 0 Å². The van der Waals surface area contributed by atoms with Crippen LogP contribution in [-0.2, 0) is 4.79 Å². The quantitative estimate of drug-likeness (QED) is 0.714. The molecule has 0 aliphatic rings. The second-order valence-electron chi connectivity index (χ2n) is 3.37. The third-order valence-corrected chi connectivity index (χ3v) is 1.66. The van der Waals surface area contributed by atoms with Crippen LogP contribution in [0.15, 0.2) is 16.9 Å². The number of nitrogens with zero attached hydrogens (tertiary/aromatic N) is 2. The van der Waals surface area contributed by atoms with Gasteiger partial charge in [0.1, 0.15) is 6.26 Å². The van der Waals surface area contributed by atoms with Crippen LogP contribution in [0.4, 0.5) is 6.01 Å². The number of amides is 1. The van der Waals surface area contributed by atoms with E-state index in [-0.39, 0.29) is 5.91 Å². The average molecular weight is 182 g/mol. The molecule has 0 aliphatic carbocycles.